The summed E-state index contributed by atoms with van der Waals surface area (Å²) in [6.45, 7) is 1.30. The van der Waals surface area contributed by atoms with Crippen LogP contribution in [0.15, 0.2) is 12.5 Å². The third-order valence-electron chi connectivity index (χ3n) is 4.43. The van der Waals surface area contributed by atoms with Crippen molar-refractivity contribution in [2.75, 3.05) is 17.8 Å². The second kappa shape index (κ2) is 14.0. The fourth-order valence-corrected chi connectivity index (χ4v) is 3.34. The van der Waals surface area contributed by atoms with Gasteiger partial charge in [0, 0.05) is 24.1 Å². The number of hydrogen-bond acceptors (Lipinski definition) is 9. The summed E-state index contributed by atoms with van der Waals surface area (Å²) in [7, 11) is 0. The summed E-state index contributed by atoms with van der Waals surface area (Å²) in [4.78, 5) is 55.5. The number of aliphatic carboxylic acids is 1. The molecule has 8 N–H and O–H groups in total. The van der Waals surface area contributed by atoms with Crippen molar-refractivity contribution in [1.82, 2.24) is 25.9 Å². The second-order valence-electron chi connectivity index (χ2n) is 7.04. The quantitative estimate of drug-likeness (QED) is 0.134. The molecule has 0 radical (unpaired) electrons. The molecule has 0 aromatic carbocycles. The molecule has 1 aromatic heterocycles. The molecule has 0 aliphatic rings. The van der Waals surface area contributed by atoms with Gasteiger partial charge in [-0.3, -0.25) is 14.4 Å². The lowest BCUT2D eigenvalue weighted by Crippen LogP contribution is -2.60. The molecule has 0 spiro atoms. The minimum absolute atomic E-state index is 0.133. The fraction of sp³-hybridized carbons (Fsp3) is 0.611. The van der Waals surface area contributed by atoms with Crippen LogP contribution in [0.3, 0.4) is 0 Å². The number of carboxylic acids is 1. The number of thioether (sulfide) groups is 1. The standard InChI is InChI=1S/C18H30N6O6S2/c1-9(25)14(24-15(26)11(19)5-10-6-20-8-21-10)17(28)23-13(7-31)16(27)22-12(18(29)30)3-4-32-2/h6,8-9,11-14,25,31H,3-5,7,19H2,1-2H3,(H,20,21)(H,22,27)(H,23,28)(H,24,26)(H,29,30). The highest BCUT2D eigenvalue weighted by atomic mass is 32.2. The van der Waals surface area contributed by atoms with Crippen molar-refractivity contribution in [3.8, 4) is 0 Å². The Morgan fingerprint density at radius 3 is 2.34 bits per heavy atom. The highest BCUT2D eigenvalue weighted by molar-refractivity contribution is 7.98. The van der Waals surface area contributed by atoms with E-state index in [9.17, 15) is 29.4 Å². The summed E-state index contributed by atoms with van der Waals surface area (Å²) in [5, 5.41) is 26.4. The molecule has 1 heterocycles. The Labute approximate surface area is 195 Å². The van der Waals surface area contributed by atoms with E-state index >= 15 is 0 Å². The van der Waals surface area contributed by atoms with Crippen LogP contribution in [-0.4, -0.2) is 91.9 Å². The molecule has 3 amide bonds. The zero-order valence-corrected chi connectivity index (χ0v) is 19.5. The van der Waals surface area contributed by atoms with Crippen LogP contribution in [0.25, 0.3) is 0 Å². The maximum atomic E-state index is 12.6. The normalized spacial score (nSPS) is 15.7. The zero-order valence-electron chi connectivity index (χ0n) is 17.8. The fourth-order valence-electron chi connectivity index (χ4n) is 2.61. The first kappa shape index (κ1) is 27.7. The van der Waals surface area contributed by atoms with Gasteiger partial charge in [-0.15, -0.1) is 0 Å². The van der Waals surface area contributed by atoms with Crippen molar-refractivity contribution in [3.05, 3.63) is 18.2 Å². The molecule has 0 bridgehead atoms. The van der Waals surface area contributed by atoms with Crippen LogP contribution < -0.4 is 21.7 Å². The summed E-state index contributed by atoms with van der Waals surface area (Å²) in [5.74, 6) is -3.08. The van der Waals surface area contributed by atoms with Crippen LogP contribution in [0, 0.1) is 0 Å². The number of carboxylic acid groups (broad SMARTS) is 1. The summed E-state index contributed by atoms with van der Waals surface area (Å²) in [6.07, 6.45) is 3.79. The molecule has 5 unspecified atom stereocenters. The first-order valence-corrected chi connectivity index (χ1v) is 11.8. The number of H-pyrrole nitrogens is 1. The van der Waals surface area contributed by atoms with Crippen molar-refractivity contribution in [1.29, 1.82) is 0 Å². The van der Waals surface area contributed by atoms with Crippen LogP contribution in [0.2, 0.25) is 0 Å². The SMILES string of the molecule is CSCCC(NC(=O)C(CS)NC(=O)C(NC(=O)C(N)Cc1cnc[nH]1)C(C)O)C(=O)O. The minimum atomic E-state index is -1.39. The molecule has 0 saturated heterocycles. The van der Waals surface area contributed by atoms with Gasteiger partial charge in [0.1, 0.15) is 18.1 Å². The van der Waals surface area contributed by atoms with E-state index in [0.29, 0.717) is 11.4 Å². The molecule has 0 aliphatic heterocycles. The zero-order chi connectivity index (χ0) is 24.3. The van der Waals surface area contributed by atoms with Crippen molar-refractivity contribution in [2.24, 2.45) is 5.73 Å². The number of imidazole rings is 1. The number of nitrogens with two attached hydrogens (primary N) is 1. The van der Waals surface area contributed by atoms with E-state index in [1.165, 1.54) is 31.2 Å². The molecular weight excluding hydrogens is 460 g/mol. The Morgan fingerprint density at radius 2 is 1.84 bits per heavy atom. The second-order valence-corrected chi connectivity index (χ2v) is 8.39. The number of carbonyl (C=O) groups excluding carboxylic acids is 3. The van der Waals surface area contributed by atoms with E-state index < -0.39 is 54.0 Å². The molecule has 12 nitrogen and oxygen atoms in total. The smallest absolute Gasteiger partial charge is 0.326 e. The average molecular weight is 491 g/mol. The summed E-state index contributed by atoms with van der Waals surface area (Å²) < 4.78 is 0. The number of thiol groups is 1. The van der Waals surface area contributed by atoms with Gasteiger partial charge in [0.25, 0.3) is 0 Å². The van der Waals surface area contributed by atoms with Gasteiger partial charge in [-0.1, -0.05) is 0 Å². The Bertz CT molecular complexity index is 763. The Morgan fingerprint density at radius 1 is 1.19 bits per heavy atom. The number of hydrogen-bond donors (Lipinski definition) is 8. The van der Waals surface area contributed by atoms with E-state index in [-0.39, 0.29) is 18.6 Å². The van der Waals surface area contributed by atoms with Crippen molar-refractivity contribution >= 4 is 48.1 Å². The van der Waals surface area contributed by atoms with Crippen LogP contribution in [0.4, 0.5) is 0 Å². The van der Waals surface area contributed by atoms with E-state index in [1.54, 1.807) is 0 Å². The lowest BCUT2D eigenvalue weighted by Gasteiger charge is -2.25. The molecular formula is C18H30N6O6S2. The van der Waals surface area contributed by atoms with Gasteiger partial charge in [-0.25, -0.2) is 9.78 Å². The van der Waals surface area contributed by atoms with E-state index in [1.807, 2.05) is 6.26 Å². The molecule has 180 valence electrons. The van der Waals surface area contributed by atoms with E-state index in [2.05, 4.69) is 38.5 Å². The van der Waals surface area contributed by atoms with E-state index in [0.717, 1.165) is 0 Å². The van der Waals surface area contributed by atoms with Gasteiger partial charge in [0.15, 0.2) is 0 Å². The highest BCUT2D eigenvalue weighted by Crippen LogP contribution is 2.04. The molecule has 0 saturated carbocycles. The molecule has 14 heteroatoms. The van der Waals surface area contributed by atoms with Crippen LogP contribution >= 0.6 is 24.4 Å². The summed E-state index contributed by atoms with van der Waals surface area (Å²) in [6, 6.07) is -4.71. The van der Waals surface area contributed by atoms with Gasteiger partial charge in [-0.2, -0.15) is 24.4 Å². The number of aromatic amines is 1. The minimum Gasteiger partial charge on any atom is -0.480 e. The number of aromatic nitrogens is 2. The topological polar surface area (TPSA) is 200 Å². The Kier molecular flexibility index (Phi) is 12.1. The van der Waals surface area contributed by atoms with Gasteiger partial charge >= 0.3 is 5.97 Å². The number of rotatable bonds is 14. The molecule has 1 aromatic rings. The largest absolute Gasteiger partial charge is 0.480 e. The van der Waals surface area contributed by atoms with Gasteiger partial charge in [0.2, 0.25) is 17.7 Å². The average Bonchev–Trinajstić information content (AvgIpc) is 3.24. The molecule has 0 fully saturated rings. The van der Waals surface area contributed by atoms with Crippen LogP contribution in [0.1, 0.15) is 19.0 Å². The van der Waals surface area contributed by atoms with Gasteiger partial charge in [-0.05, 0) is 25.4 Å². The number of carbonyl (C=O) groups is 4. The number of nitrogens with zero attached hydrogens (tertiary/aromatic N) is 1. The Balaban J connectivity index is 2.75. The van der Waals surface area contributed by atoms with Gasteiger partial charge in [0.05, 0.1) is 18.5 Å². The summed E-state index contributed by atoms with van der Waals surface area (Å²) in [5.41, 5.74) is 6.47. The predicted molar refractivity (Wildman–Crippen MR) is 122 cm³/mol. The highest BCUT2D eigenvalue weighted by Gasteiger charge is 2.32. The maximum absolute atomic E-state index is 12.6. The number of aliphatic hydroxyl groups excluding tert-OH is 1. The van der Waals surface area contributed by atoms with Gasteiger partial charge < -0.3 is 36.9 Å². The van der Waals surface area contributed by atoms with Crippen molar-refractivity contribution in [2.45, 2.75) is 50.0 Å². The first-order chi connectivity index (χ1) is 15.1. The lowest BCUT2D eigenvalue weighted by molar-refractivity contribution is -0.142. The van der Waals surface area contributed by atoms with E-state index in [4.69, 9.17) is 5.73 Å². The molecule has 5 atom stereocenters. The third-order valence-corrected chi connectivity index (χ3v) is 5.44. The van der Waals surface area contributed by atoms with Crippen molar-refractivity contribution in [3.63, 3.8) is 0 Å². The third kappa shape index (κ3) is 9.06. The van der Waals surface area contributed by atoms with Crippen LogP contribution in [-0.2, 0) is 25.6 Å². The molecule has 32 heavy (non-hydrogen) atoms. The summed E-state index contributed by atoms with van der Waals surface area (Å²) >= 11 is 5.47. The molecule has 1 rings (SSSR count). The van der Waals surface area contributed by atoms with Crippen molar-refractivity contribution < 1.29 is 29.4 Å². The lowest BCUT2D eigenvalue weighted by atomic mass is 10.1. The predicted octanol–water partition coefficient (Wildman–Crippen LogP) is -2.12. The van der Waals surface area contributed by atoms with Crippen LogP contribution in [0.5, 0.6) is 0 Å². The molecule has 0 aliphatic carbocycles. The monoisotopic (exact) mass is 490 g/mol. The number of amides is 3. The number of nitrogens with one attached hydrogen (secondary N) is 4. The Hall–Kier alpha value is -2.29. The maximum Gasteiger partial charge on any atom is 0.326 e. The first-order valence-electron chi connectivity index (χ1n) is 9.75. The number of aliphatic hydroxyl groups is 1.